The first-order valence-corrected chi connectivity index (χ1v) is 9.37. The predicted molar refractivity (Wildman–Crippen MR) is 89.7 cm³/mol. The van der Waals surface area contributed by atoms with Gasteiger partial charge in [0.2, 0.25) is 0 Å². The van der Waals surface area contributed by atoms with E-state index in [1.807, 2.05) is 6.92 Å². The third-order valence-electron chi connectivity index (χ3n) is 4.87. The normalized spacial score (nSPS) is 21.3. The van der Waals surface area contributed by atoms with Crippen LogP contribution in [-0.4, -0.2) is 18.4 Å². The quantitative estimate of drug-likeness (QED) is 0.373. The van der Waals surface area contributed by atoms with Crippen LogP contribution in [-0.2, 0) is 14.3 Å². The summed E-state index contributed by atoms with van der Waals surface area (Å²) in [4.78, 5) is 23.3. The zero-order chi connectivity index (χ0) is 16.2. The minimum Gasteiger partial charge on any atom is -0.466 e. The monoisotopic (exact) mass is 310 g/mol. The number of esters is 1. The molecule has 0 unspecified atom stereocenters. The number of rotatable bonds is 12. The second-order valence-electron chi connectivity index (χ2n) is 6.63. The van der Waals surface area contributed by atoms with Crippen LogP contribution in [0.5, 0.6) is 0 Å². The lowest BCUT2D eigenvalue weighted by Crippen LogP contribution is -2.15. The number of ether oxygens (including phenoxy) is 1. The van der Waals surface area contributed by atoms with Crippen LogP contribution in [0.15, 0.2) is 0 Å². The van der Waals surface area contributed by atoms with E-state index in [4.69, 9.17) is 4.74 Å². The number of hydrogen-bond donors (Lipinski definition) is 0. The smallest absolute Gasteiger partial charge is 0.305 e. The summed E-state index contributed by atoms with van der Waals surface area (Å²) in [5, 5.41) is 0. The Hall–Kier alpha value is -0.860. The molecule has 0 amide bonds. The molecule has 0 heterocycles. The number of hydrogen-bond acceptors (Lipinski definition) is 3. The molecule has 0 aromatic heterocycles. The van der Waals surface area contributed by atoms with Gasteiger partial charge in [-0.25, -0.2) is 0 Å². The van der Waals surface area contributed by atoms with Crippen molar-refractivity contribution in [1.82, 2.24) is 0 Å². The lowest BCUT2D eigenvalue weighted by atomic mass is 9.86. The number of Topliss-reactive ketones (excluding diaryl/α,β-unsaturated/α-hetero) is 1. The van der Waals surface area contributed by atoms with Crippen molar-refractivity contribution in [1.29, 1.82) is 0 Å². The van der Waals surface area contributed by atoms with Crippen LogP contribution in [0.4, 0.5) is 0 Å². The van der Waals surface area contributed by atoms with Crippen LogP contribution >= 0.6 is 0 Å². The zero-order valence-corrected chi connectivity index (χ0v) is 14.6. The molecule has 22 heavy (non-hydrogen) atoms. The summed E-state index contributed by atoms with van der Waals surface area (Å²) < 4.78 is 4.92. The van der Waals surface area contributed by atoms with E-state index in [2.05, 4.69) is 6.92 Å². The average Bonchev–Trinajstić information content (AvgIpc) is 2.84. The molecule has 1 saturated carbocycles. The van der Waals surface area contributed by atoms with Gasteiger partial charge in [-0.1, -0.05) is 45.4 Å². The second kappa shape index (κ2) is 11.7. The molecule has 1 fully saturated rings. The first-order chi connectivity index (χ1) is 10.7. The van der Waals surface area contributed by atoms with E-state index in [-0.39, 0.29) is 5.97 Å². The number of unbranched alkanes of at least 4 members (excludes halogenated alkanes) is 5. The van der Waals surface area contributed by atoms with Crippen molar-refractivity contribution in [3.63, 3.8) is 0 Å². The summed E-state index contributed by atoms with van der Waals surface area (Å²) in [5.74, 6) is 1.41. The van der Waals surface area contributed by atoms with E-state index < -0.39 is 0 Å². The van der Waals surface area contributed by atoms with Gasteiger partial charge in [0.05, 0.1) is 6.61 Å². The Kier molecular flexibility index (Phi) is 10.2. The SMILES string of the molecule is CCCCC[C@@H]1CCC(=O)[C@@H]1CCCCCCC(=O)OCC. The van der Waals surface area contributed by atoms with E-state index in [0.717, 1.165) is 44.9 Å². The average molecular weight is 310 g/mol. The minimum absolute atomic E-state index is 0.0792. The summed E-state index contributed by atoms with van der Waals surface area (Å²) in [5.41, 5.74) is 0. The maximum atomic E-state index is 12.0. The summed E-state index contributed by atoms with van der Waals surface area (Å²) in [6.07, 6.45) is 12.9. The number of ketones is 1. The van der Waals surface area contributed by atoms with Crippen molar-refractivity contribution >= 4 is 11.8 Å². The summed E-state index contributed by atoms with van der Waals surface area (Å²) in [7, 11) is 0. The van der Waals surface area contributed by atoms with E-state index in [9.17, 15) is 9.59 Å². The van der Waals surface area contributed by atoms with Crippen molar-refractivity contribution in [3.05, 3.63) is 0 Å². The molecule has 0 bridgehead atoms. The van der Waals surface area contributed by atoms with Crippen LogP contribution in [0.3, 0.4) is 0 Å². The highest BCUT2D eigenvalue weighted by Gasteiger charge is 2.33. The molecule has 2 atom stereocenters. The third-order valence-corrected chi connectivity index (χ3v) is 4.87. The number of carbonyl (C=O) groups excluding carboxylic acids is 2. The molecule has 0 spiro atoms. The van der Waals surface area contributed by atoms with Gasteiger partial charge >= 0.3 is 5.97 Å². The lowest BCUT2D eigenvalue weighted by molar-refractivity contribution is -0.143. The lowest BCUT2D eigenvalue weighted by Gasteiger charge is -2.18. The van der Waals surface area contributed by atoms with E-state index in [0.29, 0.717) is 30.6 Å². The highest BCUT2D eigenvalue weighted by molar-refractivity contribution is 5.83. The van der Waals surface area contributed by atoms with Crippen molar-refractivity contribution in [3.8, 4) is 0 Å². The maximum Gasteiger partial charge on any atom is 0.305 e. The van der Waals surface area contributed by atoms with Crippen molar-refractivity contribution in [2.24, 2.45) is 11.8 Å². The standard InChI is InChI=1S/C19H34O3/c1-3-5-8-11-16-14-15-18(20)17(16)12-9-6-7-10-13-19(21)22-4-2/h16-17H,3-15H2,1-2H3/t16-,17-/m1/s1. The Morgan fingerprint density at radius 2 is 1.77 bits per heavy atom. The molecule has 0 N–H and O–H groups in total. The topological polar surface area (TPSA) is 43.4 Å². The number of carbonyl (C=O) groups is 2. The Balaban J connectivity index is 2.11. The van der Waals surface area contributed by atoms with E-state index >= 15 is 0 Å². The summed E-state index contributed by atoms with van der Waals surface area (Å²) in [6, 6.07) is 0. The second-order valence-corrected chi connectivity index (χ2v) is 6.63. The highest BCUT2D eigenvalue weighted by atomic mass is 16.5. The van der Waals surface area contributed by atoms with Gasteiger partial charge in [0.1, 0.15) is 5.78 Å². The van der Waals surface area contributed by atoms with Gasteiger partial charge in [0.15, 0.2) is 0 Å². The fourth-order valence-corrected chi connectivity index (χ4v) is 3.60. The molecule has 0 saturated heterocycles. The maximum absolute atomic E-state index is 12.0. The third kappa shape index (κ3) is 7.42. The van der Waals surface area contributed by atoms with Crippen LogP contribution < -0.4 is 0 Å². The molecule has 0 aromatic rings. The van der Waals surface area contributed by atoms with Crippen molar-refractivity contribution < 1.29 is 14.3 Å². The van der Waals surface area contributed by atoms with E-state index in [1.54, 1.807) is 0 Å². The zero-order valence-electron chi connectivity index (χ0n) is 14.6. The summed E-state index contributed by atoms with van der Waals surface area (Å²) >= 11 is 0. The van der Waals surface area contributed by atoms with Gasteiger partial charge in [-0.3, -0.25) is 9.59 Å². The van der Waals surface area contributed by atoms with Gasteiger partial charge in [0.25, 0.3) is 0 Å². The van der Waals surface area contributed by atoms with Gasteiger partial charge in [-0.15, -0.1) is 0 Å². The molecular formula is C19H34O3. The van der Waals surface area contributed by atoms with Crippen LogP contribution in [0.25, 0.3) is 0 Å². The Bertz CT molecular complexity index is 325. The van der Waals surface area contributed by atoms with Crippen LogP contribution in [0.1, 0.15) is 90.9 Å². The molecule has 1 rings (SSSR count). The molecular weight excluding hydrogens is 276 g/mol. The molecule has 0 aliphatic heterocycles. The highest BCUT2D eigenvalue weighted by Crippen LogP contribution is 2.36. The van der Waals surface area contributed by atoms with Crippen molar-refractivity contribution in [2.45, 2.75) is 90.9 Å². The Labute approximate surface area is 136 Å². The van der Waals surface area contributed by atoms with Gasteiger partial charge < -0.3 is 4.74 Å². The minimum atomic E-state index is -0.0792. The van der Waals surface area contributed by atoms with Crippen molar-refractivity contribution in [2.75, 3.05) is 6.61 Å². The fraction of sp³-hybridized carbons (Fsp3) is 0.895. The molecule has 0 aromatic carbocycles. The van der Waals surface area contributed by atoms with Crippen LogP contribution in [0.2, 0.25) is 0 Å². The molecule has 128 valence electrons. The van der Waals surface area contributed by atoms with Crippen LogP contribution in [0, 0.1) is 11.8 Å². The fourth-order valence-electron chi connectivity index (χ4n) is 3.60. The van der Waals surface area contributed by atoms with Gasteiger partial charge in [-0.2, -0.15) is 0 Å². The summed E-state index contributed by atoms with van der Waals surface area (Å²) in [6.45, 7) is 4.54. The van der Waals surface area contributed by atoms with E-state index in [1.165, 1.54) is 25.7 Å². The van der Waals surface area contributed by atoms with Gasteiger partial charge in [0, 0.05) is 18.8 Å². The molecule has 3 nitrogen and oxygen atoms in total. The first kappa shape index (κ1) is 19.2. The predicted octanol–water partition coefficient (Wildman–Crippen LogP) is 5.07. The Morgan fingerprint density at radius 1 is 1.05 bits per heavy atom. The first-order valence-electron chi connectivity index (χ1n) is 9.37. The molecule has 1 aliphatic carbocycles. The molecule has 3 heteroatoms. The molecule has 0 radical (unpaired) electrons. The largest absolute Gasteiger partial charge is 0.466 e. The molecule has 1 aliphatic rings. The Morgan fingerprint density at radius 3 is 2.50 bits per heavy atom. The van der Waals surface area contributed by atoms with Gasteiger partial charge in [-0.05, 0) is 38.5 Å².